The maximum Gasteiger partial charge on any atom is 0.317 e. The lowest BCUT2D eigenvalue weighted by Crippen LogP contribution is -2.39. The van der Waals surface area contributed by atoms with Crippen LogP contribution in [0.15, 0.2) is 24.3 Å². The highest BCUT2D eigenvalue weighted by Gasteiger charge is 2.11. The Hall–Kier alpha value is -1.58. The lowest BCUT2D eigenvalue weighted by Gasteiger charge is -2.21. The fraction of sp³-hybridized carbons (Fsp3) is 0.429. The van der Waals surface area contributed by atoms with Crippen LogP contribution in [-0.2, 0) is 6.54 Å². The second-order valence-corrected chi connectivity index (χ2v) is 4.13. The van der Waals surface area contributed by atoms with E-state index < -0.39 is 0 Å². The molecule has 2 amide bonds. The zero-order valence-electron chi connectivity index (χ0n) is 10.8. The quantitative estimate of drug-likeness (QED) is 0.774. The zero-order valence-corrected chi connectivity index (χ0v) is 10.8. The minimum absolute atomic E-state index is 0.122. The number of halogens is 1. The van der Waals surface area contributed by atoms with E-state index >= 15 is 0 Å². The highest BCUT2D eigenvalue weighted by molar-refractivity contribution is 5.74. The third kappa shape index (κ3) is 4.73. The van der Waals surface area contributed by atoms with Crippen molar-refractivity contribution in [3.63, 3.8) is 0 Å². The van der Waals surface area contributed by atoms with E-state index in [1.54, 1.807) is 17.0 Å². The van der Waals surface area contributed by atoms with Gasteiger partial charge >= 0.3 is 6.03 Å². The van der Waals surface area contributed by atoms with E-state index in [0.29, 0.717) is 19.6 Å². The lowest BCUT2D eigenvalue weighted by atomic mass is 10.2. The van der Waals surface area contributed by atoms with Crippen molar-refractivity contribution < 1.29 is 9.18 Å². The van der Waals surface area contributed by atoms with Crippen LogP contribution < -0.4 is 5.32 Å². The van der Waals surface area contributed by atoms with Crippen LogP contribution in [0, 0.1) is 12.7 Å². The van der Waals surface area contributed by atoms with E-state index in [-0.39, 0.29) is 11.8 Å². The number of nitrogens with zero attached hydrogens (tertiary/aromatic N) is 1. The Morgan fingerprint density at radius 1 is 1.39 bits per heavy atom. The molecule has 0 aliphatic carbocycles. The van der Waals surface area contributed by atoms with Crippen molar-refractivity contribution in [1.82, 2.24) is 10.2 Å². The summed E-state index contributed by atoms with van der Waals surface area (Å²) in [6, 6.07) is 6.02. The van der Waals surface area contributed by atoms with Gasteiger partial charge in [0.15, 0.2) is 0 Å². The Morgan fingerprint density at radius 2 is 2.06 bits per heavy atom. The fourth-order valence-electron chi connectivity index (χ4n) is 1.55. The monoisotopic (exact) mass is 251 g/mol. The van der Waals surface area contributed by atoms with Gasteiger partial charge in [-0.3, -0.25) is 0 Å². The zero-order chi connectivity index (χ0) is 13.4. The van der Waals surface area contributed by atoms with Gasteiger partial charge in [0, 0.05) is 19.6 Å². The van der Waals surface area contributed by atoms with Crippen molar-refractivity contribution >= 4 is 6.03 Å². The minimum atomic E-state index is -0.271. The van der Waals surface area contributed by atoms with Crippen molar-refractivity contribution in [2.45, 2.75) is 26.3 Å². The van der Waals surface area contributed by atoms with Crippen molar-refractivity contribution in [2.75, 3.05) is 13.1 Å². The third-order valence-corrected chi connectivity index (χ3v) is 2.65. The Kier molecular flexibility index (Phi) is 6.19. The first-order valence-corrected chi connectivity index (χ1v) is 6.23. The summed E-state index contributed by atoms with van der Waals surface area (Å²) in [4.78, 5) is 13.4. The standard InChI is InChI=1S/C14H20FN2O/c1-3-5-10-16-14(18)17(4-2)11-12-6-8-13(15)9-7-12/h6-9H,2-5,10-11H2,1H3,(H,16,18). The number of unbranched alkanes of at least 4 members (excludes halogenated alkanes) is 1. The maximum absolute atomic E-state index is 12.8. The smallest absolute Gasteiger partial charge is 0.317 e. The second kappa shape index (κ2) is 7.69. The first-order chi connectivity index (χ1) is 8.67. The first-order valence-electron chi connectivity index (χ1n) is 6.23. The number of carbonyl (C=O) groups excluding carboxylic acids is 1. The molecule has 0 aromatic heterocycles. The van der Waals surface area contributed by atoms with Gasteiger partial charge in [0.2, 0.25) is 0 Å². The topological polar surface area (TPSA) is 32.3 Å². The number of hydrogen-bond donors (Lipinski definition) is 1. The Balaban J connectivity index is 2.50. The molecular weight excluding hydrogens is 231 g/mol. The Bertz CT molecular complexity index is 365. The Labute approximate surface area is 108 Å². The molecule has 0 fully saturated rings. The van der Waals surface area contributed by atoms with Crippen LogP contribution in [-0.4, -0.2) is 24.0 Å². The van der Waals surface area contributed by atoms with Crippen LogP contribution in [0.3, 0.4) is 0 Å². The van der Waals surface area contributed by atoms with Gasteiger partial charge in [-0.1, -0.05) is 25.5 Å². The molecule has 4 heteroatoms. The summed E-state index contributed by atoms with van der Waals surface area (Å²) >= 11 is 0. The number of amides is 2. The minimum Gasteiger partial charge on any atom is -0.338 e. The molecular formula is C14H20FN2O. The molecule has 3 nitrogen and oxygen atoms in total. The van der Waals surface area contributed by atoms with Gasteiger partial charge in [-0.25, -0.2) is 9.18 Å². The molecule has 0 saturated heterocycles. The lowest BCUT2D eigenvalue weighted by molar-refractivity contribution is 0.200. The van der Waals surface area contributed by atoms with E-state index in [1.165, 1.54) is 12.1 Å². The highest BCUT2D eigenvalue weighted by Crippen LogP contribution is 2.06. The van der Waals surface area contributed by atoms with Gasteiger partial charge in [-0.15, -0.1) is 0 Å². The number of benzene rings is 1. The van der Waals surface area contributed by atoms with Gasteiger partial charge in [-0.2, -0.15) is 0 Å². The fourth-order valence-corrected chi connectivity index (χ4v) is 1.55. The number of rotatable bonds is 6. The number of urea groups is 1. The molecule has 1 aromatic carbocycles. The molecule has 1 radical (unpaired) electrons. The molecule has 0 saturated carbocycles. The van der Waals surface area contributed by atoms with Crippen molar-refractivity contribution in [1.29, 1.82) is 0 Å². The Morgan fingerprint density at radius 3 is 2.61 bits per heavy atom. The highest BCUT2D eigenvalue weighted by atomic mass is 19.1. The molecule has 0 atom stereocenters. The maximum atomic E-state index is 12.8. The molecule has 0 unspecified atom stereocenters. The van der Waals surface area contributed by atoms with Crippen LogP contribution in [0.4, 0.5) is 9.18 Å². The summed E-state index contributed by atoms with van der Waals surface area (Å²) in [5, 5.41) is 2.84. The van der Waals surface area contributed by atoms with Crippen LogP contribution in [0.1, 0.15) is 25.3 Å². The van der Waals surface area contributed by atoms with Crippen LogP contribution in [0.2, 0.25) is 0 Å². The molecule has 0 bridgehead atoms. The van der Waals surface area contributed by atoms with Crippen LogP contribution in [0.5, 0.6) is 0 Å². The first kappa shape index (κ1) is 14.5. The summed E-state index contributed by atoms with van der Waals surface area (Å²) in [5.41, 5.74) is 0.894. The summed E-state index contributed by atoms with van der Waals surface area (Å²) in [6.07, 6.45) is 2.01. The summed E-state index contributed by atoms with van der Waals surface area (Å²) in [5.74, 6) is -0.271. The molecule has 0 spiro atoms. The van der Waals surface area contributed by atoms with Gasteiger partial charge in [0.1, 0.15) is 5.82 Å². The SMILES string of the molecule is [CH2]CN(Cc1ccc(F)cc1)C(=O)NCCCC. The van der Waals surface area contributed by atoms with Crippen LogP contribution >= 0.6 is 0 Å². The van der Waals surface area contributed by atoms with Gasteiger partial charge < -0.3 is 10.2 Å². The van der Waals surface area contributed by atoms with Crippen molar-refractivity contribution in [3.8, 4) is 0 Å². The molecule has 18 heavy (non-hydrogen) atoms. The molecule has 1 aromatic rings. The predicted octanol–water partition coefficient (Wildman–Crippen LogP) is 2.97. The van der Waals surface area contributed by atoms with Gasteiger partial charge in [0.05, 0.1) is 0 Å². The van der Waals surface area contributed by atoms with E-state index in [4.69, 9.17) is 0 Å². The van der Waals surface area contributed by atoms with Crippen LogP contribution in [0.25, 0.3) is 0 Å². The van der Waals surface area contributed by atoms with Crippen molar-refractivity contribution in [3.05, 3.63) is 42.6 Å². The summed E-state index contributed by atoms with van der Waals surface area (Å²) in [7, 11) is 0. The molecule has 0 aliphatic rings. The van der Waals surface area contributed by atoms with E-state index in [0.717, 1.165) is 18.4 Å². The third-order valence-electron chi connectivity index (χ3n) is 2.65. The average molecular weight is 251 g/mol. The van der Waals surface area contributed by atoms with E-state index in [1.807, 2.05) is 0 Å². The van der Waals surface area contributed by atoms with E-state index in [9.17, 15) is 9.18 Å². The molecule has 1 rings (SSSR count). The number of nitrogens with one attached hydrogen (secondary N) is 1. The van der Waals surface area contributed by atoms with Gasteiger partial charge in [0.25, 0.3) is 0 Å². The normalized spacial score (nSPS) is 10.2. The number of carbonyl (C=O) groups is 1. The summed E-state index contributed by atoms with van der Waals surface area (Å²) in [6.45, 7) is 7.32. The predicted molar refractivity (Wildman–Crippen MR) is 70.5 cm³/mol. The van der Waals surface area contributed by atoms with E-state index in [2.05, 4.69) is 19.2 Å². The molecule has 0 heterocycles. The molecule has 99 valence electrons. The van der Waals surface area contributed by atoms with Gasteiger partial charge in [-0.05, 0) is 31.0 Å². The second-order valence-electron chi connectivity index (χ2n) is 4.13. The largest absolute Gasteiger partial charge is 0.338 e. The average Bonchev–Trinajstić information content (AvgIpc) is 2.38. The molecule has 1 N–H and O–H groups in total. The number of hydrogen-bond acceptors (Lipinski definition) is 1. The summed E-state index contributed by atoms with van der Waals surface area (Å²) < 4.78 is 12.8. The van der Waals surface area contributed by atoms with Crippen molar-refractivity contribution in [2.24, 2.45) is 0 Å². The molecule has 0 aliphatic heterocycles.